The van der Waals surface area contributed by atoms with Crippen molar-refractivity contribution in [2.75, 3.05) is 7.05 Å². The van der Waals surface area contributed by atoms with Gasteiger partial charge in [0.05, 0.1) is 0 Å². The maximum absolute atomic E-state index is 12.6. The predicted octanol–water partition coefficient (Wildman–Crippen LogP) is -0.101. The number of hydrogen-bond acceptors (Lipinski definition) is 2. The highest BCUT2D eigenvalue weighted by atomic mass is 19.1. The van der Waals surface area contributed by atoms with Gasteiger partial charge in [-0.3, -0.25) is 15.0 Å². The largest absolute Gasteiger partial charge is 0.369 e. The summed E-state index contributed by atoms with van der Waals surface area (Å²) < 4.78 is 13.8. The molecule has 0 radical (unpaired) electrons. The molecule has 0 amide bonds. The normalized spacial score (nSPS) is 11.7. The molecule has 0 spiro atoms. The first-order valence-electron chi connectivity index (χ1n) is 3.30. The van der Waals surface area contributed by atoms with Crippen LogP contribution in [-0.2, 0) is 0 Å². The third-order valence-corrected chi connectivity index (χ3v) is 1.39. The first-order chi connectivity index (χ1) is 5.65. The Kier molecular flexibility index (Phi) is 2.23. The van der Waals surface area contributed by atoms with E-state index in [4.69, 9.17) is 11.1 Å². The Morgan fingerprint density at radius 2 is 2.33 bits per heavy atom. The highest BCUT2D eigenvalue weighted by Gasteiger charge is 1.97. The van der Waals surface area contributed by atoms with Crippen LogP contribution in [0.2, 0.25) is 0 Å². The minimum Gasteiger partial charge on any atom is -0.369 e. The molecule has 4 nitrogen and oxygen atoms in total. The van der Waals surface area contributed by atoms with Crippen molar-refractivity contribution in [3.8, 4) is 0 Å². The smallest absolute Gasteiger partial charge is 0.201 e. The van der Waals surface area contributed by atoms with Gasteiger partial charge < -0.3 is 5.73 Å². The Labute approximate surface area is 68.7 Å². The summed E-state index contributed by atoms with van der Waals surface area (Å²) >= 11 is 0. The fraction of sp³-hybridized carbons (Fsp3) is 0.143. The second-order valence-electron chi connectivity index (χ2n) is 2.18. The summed E-state index contributed by atoms with van der Waals surface area (Å²) in [6, 6.07) is 2.51. The fourth-order valence-corrected chi connectivity index (χ4v) is 0.772. The van der Waals surface area contributed by atoms with Crippen LogP contribution >= 0.6 is 0 Å². The van der Waals surface area contributed by atoms with Crippen molar-refractivity contribution < 1.29 is 4.39 Å². The van der Waals surface area contributed by atoms with Gasteiger partial charge in [-0.25, -0.2) is 4.39 Å². The molecular weight excluding hydrogens is 159 g/mol. The zero-order chi connectivity index (χ0) is 9.14. The Bertz CT molecular complexity index is 366. The van der Waals surface area contributed by atoms with Gasteiger partial charge in [0.2, 0.25) is 5.96 Å². The highest BCUT2D eigenvalue weighted by molar-refractivity contribution is 5.79. The van der Waals surface area contributed by atoms with Crippen molar-refractivity contribution in [2.24, 2.45) is 10.7 Å². The van der Waals surface area contributed by atoms with Gasteiger partial charge in [-0.2, -0.15) is 0 Å². The highest BCUT2D eigenvalue weighted by Crippen LogP contribution is 1.90. The average Bonchev–Trinajstić information content (AvgIpc) is 2.08. The van der Waals surface area contributed by atoms with Crippen LogP contribution in [0.5, 0.6) is 0 Å². The molecule has 1 heterocycles. The molecule has 0 saturated heterocycles. The minimum atomic E-state index is -0.447. The molecule has 0 fully saturated rings. The number of hydrogen-bond donors (Lipinski definition) is 2. The van der Waals surface area contributed by atoms with E-state index in [1.165, 1.54) is 19.2 Å². The van der Waals surface area contributed by atoms with Crippen LogP contribution in [0.25, 0.3) is 0 Å². The van der Waals surface area contributed by atoms with Crippen LogP contribution in [0.1, 0.15) is 0 Å². The molecule has 1 aromatic rings. The number of aliphatic imine (C=N–C) groups is 1. The standard InChI is InChI=1S/C7H9FN4/c1-11-7(10)12-4-5(8)2-3-6(12)9/h2-4,9H,1H3,(H2,10,11). The molecule has 64 valence electrons. The third kappa shape index (κ3) is 1.50. The molecule has 0 saturated carbocycles. The molecule has 0 unspecified atom stereocenters. The molecule has 1 rings (SSSR count). The van der Waals surface area contributed by atoms with E-state index in [9.17, 15) is 4.39 Å². The first-order valence-corrected chi connectivity index (χ1v) is 3.30. The van der Waals surface area contributed by atoms with Crippen molar-refractivity contribution in [1.82, 2.24) is 4.57 Å². The van der Waals surface area contributed by atoms with E-state index in [-0.39, 0.29) is 11.4 Å². The number of pyridine rings is 1. The number of nitrogens with two attached hydrogens (primary N) is 1. The number of aromatic nitrogens is 1. The van der Waals surface area contributed by atoms with Gasteiger partial charge in [-0.1, -0.05) is 0 Å². The van der Waals surface area contributed by atoms with Crippen LogP contribution in [0.15, 0.2) is 23.3 Å². The molecule has 0 atom stereocenters. The summed E-state index contributed by atoms with van der Waals surface area (Å²) in [6.45, 7) is 0. The maximum atomic E-state index is 12.6. The van der Waals surface area contributed by atoms with E-state index >= 15 is 0 Å². The van der Waals surface area contributed by atoms with E-state index in [1.54, 1.807) is 0 Å². The number of nitrogens with one attached hydrogen (secondary N) is 1. The van der Waals surface area contributed by atoms with Gasteiger partial charge in [0.1, 0.15) is 11.3 Å². The lowest BCUT2D eigenvalue weighted by Crippen LogP contribution is -2.32. The summed E-state index contributed by atoms with van der Waals surface area (Å²) in [4.78, 5) is 3.63. The van der Waals surface area contributed by atoms with Crippen LogP contribution in [-0.4, -0.2) is 17.6 Å². The van der Waals surface area contributed by atoms with Gasteiger partial charge >= 0.3 is 0 Å². The van der Waals surface area contributed by atoms with Gasteiger partial charge in [0, 0.05) is 13.2 Å². The zero-order valence-corrected chi connectivity index (χ0v) is 6.58. The SMILES string of the molecule is CN=C(N)n1cc(F)ccc1=N. The van der Waals surface area contributed by atoms with Crippen LogP contribution in [0.3, 0.4) is 0 Å². The summed E-state index contributed by atoms with van der Waals surface area (Å²) in [5.74, 6) is -0.350. The van der Waals surface area contributed by atoms with Gasteiger partial charge in [0.25, 0.3) is 0 Å². The lowest BCUT2D eigenvalue weighted by atomic mass is 10.4. The van der Waals surface area contributed by atoms with Crippen LogP contribution in [0.4, 0.5) is 4.39 Å². The minimum absolute atomic E-state index is 0.0968. The van der Waals surface area contributed by atoms with Crippen molar-refractivity contribution in [2.45, 2.75) is 0 Å². The fourth-order valence-electron chi connectivity index (χ4n) is 0.772. The van der Waals surface area contributed by atoms with E-state index in [0.717, 1.165) is 10.8 Å². The van der Waals surface area contributed by atoms with Crippen molar-refractivity contribution >= 4 is 5.96 Å². The molecule has 1 aromatic heterocycles. The number of nitrogens with zero attached hydrogens (tertiary/aromatic N) is 2. The maximum Gasteiger partial charge on any atom is 0.201 e. The van der Waals surface area contributed by atoms with Gasteiger partial charge in [0.15, 0.2) is 0 Å². The molecule has 0 bridgehead atoms. The summed E-state index contributed by atoms with van der Waals surface area (Å²) in [5.41, 5.74) is 5.49. The summed E-state index contributed by atoms with van der Waals surface area (Å²) in [6.07, 6.45) is 1.12. The van der Waals surface area contributed by atoms with E-state index in [2.05, 4.69) is 4.99 Å². The molecular formula is C7H9FN4. The summed E-state index contributed by atoms with van der Waals surface area (Å²) in [7, 11) is 1.48. The molecule has 0 aliphatic carbocycles. The molecule has 3 N–H and O–H groups in total. The van der Waals surface area contributed by atoms with Crippen LogP contribution < -0.4 is 11.2 Å². The third-order valence-electron chi connectivity index (χ3n) is 1.39. The van der Waals surface area contributed by atoms with Crippen molar-refractivity contribution in [3.63, 3.8) is 0 Å². The number of rotatable bonds is 0. The molecule has 0 aromatic carbocycles. The average molecular weight is 168 g/mol. The first kappa shape index (κ1) is 8.45. The van der Waals surface area contributed by atoms with E-state index in [0.29, 0.717) is 0 Å². The monoisotopic (exact) mass is 168 g/mol. The Balaban J connectivity index is 3.33. The lowest BCUT2D eigenvalue weighted by Gasteiger charge is -2.03. The lowest BCUT2D eigenvalue weighted by molar-refractivity contribution is 0.613. The van der Waals surface area contributed by atoms with Gasteiger partial charge in [-0.05, 0) is 12.1 Å². The molecule has 0 aliphatic rings. The Hall–Kier alpha value is -1.65. The topological polar surface area (TPSA) is 67.2 Å². The second kappa shape index (κ2) is 3.17. The molecule has 5 heteroatoms. The van der Waals surface area contributed by atoms with Crippen molar-refractivity contribution in [1.29, 1.82) is 5.41 Å². The quantitative estimate of drug-likeness (QED) is 0.412. The number of halogens is 1. The molecule has 12 heavy (non-hydrogen) atoms. The summed E-state index contributed by atoms with van der Waals surface area (Å²) in [5, 5.41) is 7.34. The Morgan fingerprint density at radius 3 is 2.92 bits per heavy atom. The zero-order valence-electron chi connectivity index (χ0n) is 6.58. The Morgan fingerprint density at radius 1 is 1.67 bits per heavy atom. The van der Waals surface area contributed by atoms with E-state index < -0.39 is 5.82 Å². The van der Waals surface area contributed by atoms with E-state index in [1.807, 2.05) is 0 Å². The van der Waals surface area contributed by atoms with Crippen LogP contribution in [0, 0.1) is 11.2 Å². The van der Waals surface area contributed by atoms with Gasteiger partial charge in [-0.15, -0.1) is 0 Å². The molecule has 0 aliphatic heterocycles. The second-order valence-corrected chi connectivity index (χ2v) is 2.18. The predicted molar refractivity (Wildman–Crippen MR) is 43.2 cm³/mol. The van der Waals surface area contributed by atoms with Crippen molar-refractivity contribution in [3.05, 3.63) is 29.6 Å².